The molecule has 1 saturated heterocycles. The molecule has 0 spiro atoms. The number of carbonyl (C=O) groups excluding carboxylic acids is 2. The van der Waals surface area contributed by atoms with E-state index in [1.54, 1.807) is 4.90 Å². The average Bonchev–Trinajstić information content (AvgIpc) is 2.82. The molecule has 1 aromatic rings. The Morgan fingerprint density at radius 3 is 2.95 bits per heavy atom. The lowest BCUT2D eigenvalue weighted by Gasteiger charge is -2.16. The van der Waals surface area contributed by atoms with E-state index in [9.17, 15) is 14.0 Å². The summed E-state index contributed by atoms with van der Waals surface area (Å²) in [4.78, 5) is 25.7. The monoisotopic (exact) mass is 312 g/mol. The highest BCUT2D eigenvalue weighted by Gasteiger charge is 2.33. The molecular weight excluding hydrogens is 295 g/mol. The molecule has 0 bridgehead atoms. The van der Waals surface area contributed by atoms with Crippen LogP contribution in [-0.4, -0.2) is 29.8 Å². The molecule has 2 rings (SSSR count). The summed E-state index contributed by atoms with van der Waals surface area (Å²) in [5, 5.41) is 2.64. The maximum atomic E-state index is 13.1. The van der Waals surface area contributed by atoms with E-state index in [0.29, 0.717) is 18.8 Å². The number of likely N-dealkylation sites (tertiary alicyclic amines) is 1. The van der Waals surface area contributed by atoms with Gasteiger partial charge < -0.3 is 10.2 Å². The summed E-state index contributed by atoms with van der Waals surface area (Å²) in [5.74, 6) is -1.11. The predicted molar refractivity (Wildman–Crippen MR) is 79.6 cm³/mol. The number of hydrogen-bond donors (Lipinski definition) is 1. The number of nitrogens with one attached hydrogen (secondary N) is 1. The first kappa shape index (κ1) is 15.8. The maximum absolute atomic E-state index is 13.1. The first-order valence-electron chi connectivity index (χ1n) is 7.05. The van der Waals surface area contributed by atoms with E-state index < -0.39 is 5.82 Å². The number of rotatable bonds is 5. The van der Waals surface area contributed by atoms with Gasteiger partial charge in [-0.15, -0.1) is 0 Å². The molecule has 0 radical (unpaired) electrons. The quantitative estimate of drug-likeness (QED) is 0.908. The van der Waals surface area contributed by atoms with Gasteiger partial charge in [-0.1, -0.05) is 24.9 Å². The van der Waals surface area contributed by atoms with Crippen molar-refractivity contribution in [1.29, 1.82) is 0 Å². The second-order valence-electron chi connectivity index (χ2n) is 5.21. The van der Waals surface area contributed by atoms with Crippen LogP contribution in [0.3, 0.4) is 0 Å². The summed E-state index contributed by atoms with van der Waals surface area (Å²) in [5.41, 5.74) is 0.436. The number of nitrogens with zero attached hydrogens (tertiary/aromatic N) is 1. The van der Waals surface area contributed by atoms with E-state index in [0.717, 1.165) is 12.8 Å². The van der Waals surface area contributed by atoms with Gasteiger partial charge in [-0.25, -0.2) is 4.39 Å². The van der Waals surface area contributed by atoms with Gasteiger partial charge in [0.2, 0.25) is 11.8 Å². The van der Waals surface area contributed by atoms with Crippen molar-refractivity contribution >= 4 is 29.1 Å². The fourth-order valence-corrected chi connectivity index (χ4v) is 2.51. The number of hydrogen-bond acceptors (Lipinski definition) is 2. The fourth-order valence-electron chi connectivity index (χ4n) is 2.33. The molecule has 0 unspecified atom stereocenters. The molecule has 0 aromatic heterocycles. The van der Waals surface area contributed by atoms with E-state index in [4.69, 9.17) is 11.6 Å². The molecule has 1 heterocycles. The largest absolute Gasteiger partial charge is 0.342 e. The number of benzene rings is 1. The standard InChI is InChI=1S/C15H18ClFN2O2/c1-2-3-6-19-9-10(7-14(19)20)15(21)18-11-4-5-13(17)12(16)8-11/h4-5,8,10H,2-3,6-7,9H2,1H3,(H,18,21)/t10-/m0/s1. The van der Waals surface area contributed by atoms with Crippen LogP contribution in [0.4, 0.5) is 10.1 Å². The van der Waals surface area contributed by atoms with Crippen LogP contribution in [0.25, 0.3) is 0 Å². The molecule has 1 aliphatic rings. The second-order valence-corrected chi connectivity index (χ2v) is 5.62. The maximum Gasteiger partial charge on any atom is 0.229 e. The Morgan fingerprint density at radius 2 is 2.29 bits per heavy atom. The third-order valence-electron chi connectivity index (χ3n) is 3.55. The lowest BCUT2D eigenvalue weighted by Crippen LogP contribution is -2.29. The Balaban J connectivity index is 1.95. The number of carbonyl (C=O) groups is 2. The zero-order valence-electron chi connectivity index (χ0n) is 11.9. The predicted octanol–water partition coefficient (Wildman–Crippen LogP) is 3.07. The minimum Gasteiger partial charge on any atom is -0.342 e. The molecule has 4 nitrogen and oxygen atoms in total. The highest BCUT2D eigenvalue weighted by Crippen LogP contribution is 2.23. The summed E-state index contributed by atoms with van der Waals surface area (Å²) in [6.07, 6.45) is 2.17. The topological polar surface area (TPSA) is 49.4 Å². The minimum atomic E-state index is -0.531. The summed E-state index contributed by atoms with van der Waals surface area (Å²) < 4.78 is 13.1. The number of halogens is 2. The van der Waals surface area contributed by atoms with Gasteiger partial charge >= 0.3 is 0 Å². The van der Waals surface area contributed by atoms with E-state index in [1.165, 1.54) is 18.2 Å². The summed E-state index contributed by atoms with van der Waals surface area (Å²) in [6, 6.07) is 4.01. The van der Waals surface area contributed by atoms with Crippen LogP contribution in [0.15, 0.2) is 18.2 Å². The highest BCUT2D eigenvalue weighted by molar-refractivity contribution is 6.31. The highest BCUT2D eigenvalue weighted by atomic mass is 35.5. The van der Waals surface area contributed by atoms with Gasteiger partial charge in [-0.05, 0) is 24.6 Å². The molecule has 6 heteroatoms. The molecule has 114 valence electrons. The number of amides is 2. The number of unbranched alkanes of at least 4 members (excludes halogenated alkanes) is 1. The lowest BCUT2D eigenvalue weighted by molar-refractivity contribution is -0.128. The molecule has 0 saturated carbocycles. The molecular formula is C15H18ClFN2O2. The smallest absolute Gasteiger partial charge is 0.229 e. The van der Waals surface area contributed by atoms with Crippen LogP contribution >= 0.6 is 11.6 Å². The Morgan fingerprint density at radius 1 is 1.52 bits per heavy atom. The van der Waals surface area contributed by atoms with Gasteiger partial charge in [-0.2, -0.15) is 0 Å². The van der Waals surface area contributed by atoms with Gasteiger partial charge in [0.25, 0.3) is 0 Å². The second kappa shape index (κ2) is 6.89. The van der Waals surface area contributed by atoms with Crippen LogP contribution in [0.5, 0.6) is 0 Å². The van der Waals surface area contributed by atoms with E-state index >= 15 is 0 Å². The molecule has 2 amide bonds. The van der Waals surface area contributed by atoms with Crippen molar-refractivity contribution in [2.75, 3.05) is 18.4 Å². The van der Waals surface area contributed by atoms with E-state index in [2.05, 4.69) is 12.2 Å². The van der Waals surface area contributed by atoms with Crippen LogP contribution in [0, 0.1) is 11.7 Å². The molecule has 0 aliphatic carbocycles. The van der Waals surface area contributed by atoms with Gasteiger partial charge in [0.05, 0.1) is 10.9 Å². The van der Waals surface area contributed by atoms with Gasteiger partial charge in [0.1, 0.15) is 5.82 Å². The van der Waals surface area contributed by atoms with Crippen LogP contribution in [0.1, 0.15) is 26.2 Å². The summed E-state index contributed by atoms with van der Waals surface area (Å²) in [7, 11) is 0. The third-order valence-corrected chi connectivity index (χ3v) is 3.84. The van der Waals surface area contributed by atoms with Crippen molar-refractivity contribution in [3.05, 3.63) is 29.0 Å². The van der Waals surface area contributed by atoms with Crippen molar-refractivity contribution < 1.29 is 14.0 Å². The van der Waals surface area contributed by atoms with Crippen molar-refractivity contribution in [2.24, 2.45) is 5.92 Å². The first-order chi connectivity index (χ1) is 10.0. The molecule has 1 N–H and O–H groups in total. The van der Waals surface area contributed by atoms with Crippen LogP contribution in [0.2, 0.25) is 5.02 Å². The van der Waals surface area contributed by atoms with Crippen LogP contribution in [-0.2, 0) is 9.59 Å². The zero-order chi connectivity index (χ0) is 15.4. The molecule has 1 atom stereocenters. The van der Waals surface area contributed by atoms with Gasteiger partial charge in [0.15, 0.2) is 0 Å². The Hall–Kier alpha value is -1.62. The molecule has 1 aliphatic heterocycles. The average molecular weight is 313 g/mol. The minimum absolute atomic E-state index is 0.0146. The first-order valence-corrected chi connectivity index (χ1v) is 7.42. The van der Waals surface area contributed by atoms with Crippen molar-refractivity contribution in [1.82, 2.24) is 4.90 Å². The third kappa shape index (κ3) is 3.94. The zero-order valence-corrected chi connectivity index (χ0v) is 12.6. The van der Waals surface area contributed by atoms with Gasteiger partial charge in [0, 0.05) is 25.2 Å². The summed E-state index contributed by atoms with van der Waals surface area (Å²) in [6.45, 7) is 3.20. The Labute approximate surface area is 128 Å². The molecule has 1 aromatic carbocycles. The van der Waals surface area contributed by atoms with Crippen molar-refractivity contribution in [3.8, 4) is 0 Å². The Bertz CT molecular complexity index is 550. The normalized spacial score (nSPS) is 18.1. The number of anilines is 1. The Kier molecular flexibility index (Phi) is 5.17. The molecule has 21 heavy (non-hydrogen) atoms. The van der Waals surface area contributed by atoms with Crippen molar-refractivity contribution in [3.63, 3.8) is 0 Å². The lowest BCUT2D eigenvalue weighted by atomic mass is 10.1. The van der Waals surface area contributed by atoms with Crippen molar-refractivity contribution in [2.45, 2.75) is 26.2 Å². The molecule has 1 fully saturated rings. The summed E-state index contributed by atoms with van der Waals surface area (Å²) >= 11 is 5.67. The van der Waals surface area contributed by atoms with Crippen LogP contribution < -0.4 is 5.32 Å². The van der Waals surface area contributed by atoms with E-state index in [-0.39, 0.29) is 29.2 Å². The SMILES string of the molecule is CCCCN1C[C@@H](C(=O)Nc2ccc(F)c(Cl)c2)CC1=O. The van der Waals surface area contributed by atoms with Gasteiger partial charge in [-0.3, -0.25) is 9.59 Å². The van der Waals surface area contributed by atoms with E-state index in [1.807, 2.05) is 0 Å². The fraction of sp³-hybridized carbons (Fsp3) is 0.467.